The van der Waals surface area contributed by atoms with Crippen LogP contribution >= 0.6 is 11.6 Å². The molecule has 2 aromatic heterocycles. The molecule has 0 N–H and O–H groups in total. The molecule has 0 unspecified atom stereocenters. The zero-order chi connectivity index (χ0) is 44.8. The topological polar surface area (TPSA) is 32.8 Å². The fourth-order valence-corrected chi connectivity index (χ4v) is 8.97. The summed E-state index contributed by atoms with van der Waals surface area (Å²) < 4.78 is 13.9. The quantitative estimate of drug-likeness (QED) is 0.167. The van der Waals surface area contributed by atoms with E-state index in [2.05, 4.69) is 232 Å². The molecule has 0 saturated heterocycles. The average molecular weight is 852 g/mol. The number of furan rings is 2. The average Bonchev–Trinajstić information content (AvgIpc) is 3.80. The van der Waals surface area contributed by atoms with Crippen LogP contribution in [0.25, 0.3) is 43.9 Å². The SMILES string of the molecule is CC(C)(C)c1ccc2oc3c(N(c4ccccc4)c4cccc(N(c5ccccc5)c5cc(C(C)(C)C)cc6c5oc5ccc(C(C)(C)C)cc56)c4Cl)cc(C(C)(C)C)cc3c2c1. The molecule has 0 fully saturated rings. The molecule has 0 saturated carbocycles. The number of anilines is 6. The van der Waals surface area contributed by atoms with Gasteiger partial charge in [-0.3, -0.25) is 0 Å². The highest BCUT2D eigenvalue weighted by molar-refractivity contribution is 6.37. The van der Waals surface area contributed by atoms with Crippen LogP contribution in [0.3, 0.4) is 0 Å². The molecule has 0 aliphatic carbocycles. The standard InChI is InChI=1S/C58H59ClN2O2/c1-55(2,3)36-26-28-50-42(30-36)44-32-38(57(7,8)9)34-48(53(44)62-50)60(40-20-15-13-16-21-40)46-24-19-25-47(52(46)59)61(41-22-17-14-18-23-41)49-35-39(58(10,11)12)33-45-43-31-37(56(4,5)6)27-29-51(43)63-54(45)49/h13-35H,1-12H3. The van der Waals surface area contributed by atoms with Crippen LogP contribution in [0.15, 0.2) is 148 Å². The highest BCUT2D eigenvalue weighted by atomic mass is 35.5. The zero-order valence-corrected chi connectivity index (χ0v) is 39.6. The lowest BCUT2D eigenvalue weighted by atomic mass is 9.84. The van der Waals surface area contributed by atoms with Gasteiger partial charge in [-0.2, -0.15) is 0 Å². The Morgan fingerprint density at radius 2 is 0.698 bits per heavy atom. The van der Waals surface area contributed by atoms with Gasteiger partial charge in [-0.05, 0) is 129 Å². The van der Waals surface area contributed by atoms with Gasteiger partial charge in [0, 0.05) is 32.9 Å². The molecule has 0 aliphatic heterocycles. The summed E-state index contributed by atoms with van der Waals surface area (Å²) >= 11 is 8.01. The van der Waals surface area contributed by atoms with Crippen LogP contribution < -0.4 is 9.80 Å². The Balaban J connectivity index is 1.34. The van der Waals surface area contributed by atoms with Crippen LogP contribution in [0, 0.1) is 0 Å². The van der Waals surface area contributed by atoms with Crippen molar-refractivity contribution < 1.29 is 8.83 Å². The number of halogens is 1. The van der Waals surface area contributed by atoms with E-state index in [0.717, 1.165) is 78.0 Å². The number of benzene rings is 7. The maximum atomic E-state index is 8.01. The Labute approximate surface area is 378 Å². The second kappa shape index (κ2) is 15.1. The Morgan fingerprint density at radius 3 is 1.05 bits per heavy atom. The summed E-state index contributed by atoms with van der Waals surface area (Å²) in [4.78, 5) is 4.55. The van der Waals surface area contributed by atoms with Crippen LogP contribution in [-0.4, -0.2) is 0 Å². The van der Waals surface area contributed by atoms with Gasteiger partial charge >= 0.3 is 0 Å². The van der Waals surface area contributed by atoms with E-state index in [4.69, 9.17) is 20.4 Å². The highest BCUT2D eigenvalue weighted by Crippen LogP contribution is 2.52. The number of hydrogen-bond donors (Lipinski definition) is 0. The second-order valence-electron chi connectivity index (χ2n) is 21.3. The first-order valence-electron chi connectivity index (χ1n) is 22.2. The van der Waals surface area contributed by atoms with E-state index in [0.29, 0.717) is 5.02 Å². The molecule has 5 heteroatoms. The monoisotopic (exact) mass is 850 g/mol. The minimum absolute atomic E-state index is 0.0212. The third-order valence-electron chi connectivity index (χ3n) is 12.5. The van der Waals surface area contributed by atoms with Gasteiger partial charge in [0.25, 0.3) is 0 Å². The molecular weight excluding hydrogens is 792 g/mol. The van der Waals surface area contributed by atoms with Crippen molar-refractivity contribution in [1.82, 2.24) is 0 Å². The van der Waals surface area contributed by atoms with Gasteiger partial charge in [-0.1, -0.05) is 149 Å². The number of fused-ring (bicyclic) bond motifs is 6. The summed E-state index contributed by atoms with van der Waals surface area (Å²) in [6.45, 7) is 27.2. The molecule has 9 rings (SSSR count). The van der Waals surface area contributed by atoms with Crippen molar-refractivity contribution in [1.29, 1.82) is 0 Å². The molecule has 0 bridgehead atoms. The van der Waals surface area contributed by atoms with Crippen LogP contribution in [0.1, 0.15) is 105 Å². The normalized spacial score (nSPS) is 12.8. The first kappa shape index (κ1) is 42.3. The van der Waals surface area contributed by atoms with Crippen molar-refractivity contribution >= 4 is 89.6 Å². The Kier molecular flexibility index (Phi) is 10.1. The lowest BCUT2D eigenvalue weighted by Crippen LogP contribution is -2.17. The fraction of sp³-hybridized carbons (Fsp3) is 0.276. The summed E-state index contributed by atoms with van der Waals surface area (Å²) in [6.07, 6.45) is 0. The van der Waals surface area contributed by atoms with Gasteiger partial charge in [0.05, 0.1) is 27.8 Å². The van der Waals surface area contributed by atoms with E-state index in [1.807, 2.05) is 0 Å². The van der Waals surface area contributed by atoms with Crippen LogP contribution in [0.4, 0.5) is 34.1 Å². The van der Waals surface area contributed by atoms with E-state index in [9.17, 15) is 0 Å². The molecule has 0 amide bonds. The van der Waals surface area contributed by atoms with E-state index in [1.165, 1.54) is 22.3 Å². The summed E-state index contributed by atoms with van der Waals surface area (Å²) in [5.41, 5.74) is 13.3. The van der Waals surface area contributed by atoms with Gasteiger partial charge < -0.3 is 18.6 Å². The minimum Gasteiger partial charge on any atom is -0.454 e. The van der Waals surface area contributed by atoms with E-state index in [1.54, 1.807) is 0 Å². The van der Waals surface area contributed by atoms with E-state index >= 15 is 0 Å². The predicted molar refractivity (Wildman–Crippen MR) is 270 cm³/mol. The van der Waals surface area contributed by atoms with Crippen molar-refractivity contribution in [2.45, 2.75) is 105 Å². The second-order valence-corrected chi connectivity index (χ2v) is 21.7. The highest BCUT2D eigenvalue weighted by Gasteiger charge is 2.30. The van der Waals surface area contributed by atoms with Gasteiger partial charge in [0.15, 0.2) is 11.2 Å². The molecule has 0 aliphatic rings. The molecule has 0 atom stereocenters. The first-order chi connectivity index (χ1) is 29.7. The maximum Gasteiger partial charge on any atom is 0.159 e. The van der Waals surface area contributed by atoms with Crippen molar-refractivity contribution in [3.8, 4) is 0 Å². The van der Waals surface area contributed by atoms with Crippen LogP contribution in [0.5, 0.6) is 0 Å². The molecule has 63 heavy (non-hydrogen) atoms. The Morgan fingerprint density at radius 1 is 0.349 bits per heavy atom. The summed E-state index contributed by atoms with van der Waals surface area (Å²) in [5.74, 6) is 0. The number of nitrogens with zero attached hydrogens (tertiary/aromatic N) is 2. The molecular formula is C58H59ClN2O2. The largest absolute Gasteiger partial charge is 0.454 e. The number of hydrogen-bond acceptors (Lipinski definition) is 4. The minimum atomic E-state index is -0.157. The van der Waals surface area contributed by atoms with Crippen LogP contribution in [0.2, 0.25) is 5.02 Å². The van der Waals surface area contributed by atoms with Crippen molar-refractivity contribution in [2.75, 3.05) is 9.80 Å². The lowest BCUT2D eigenvalue weighted by Gasteiger charge is -2.32. The Hall–Kier alpha value is -5.97. The fourth-order valence-electron chi connectivity index (χ4n) is 8.68. The number of para-hydroxylation sites is 2. The van der Waals surface area contributed by atoms with Gasteiger partial charge in [-0.15, -0.1) is 0 Å². The van der Waals surface area contributed by atoms with Crippen molar-refractivity contribution in [3.05, 3.63) is 167 Å². The maximum absolute atomic E-state index is 8.01. The third kappa shape index (κ3) is 7.67. The number of rotatable bonds is 6. The van der Waals surface area contributed by atoms with Crippen LogP contribution in [-0.2, 0) is 21.7 Å². The van der Waals surface area contributed by atoms with Gasteiger partial charge in [0.2, 0.25) is 0 Å². The Bertz CT molecular complexity index is 2950. The third-order valence-corrected chi connectivity index (χ3v) is 12.9. The molecule has 7 aromatic carbocycles. The molecule has 0 spiro atoms. The molecule has 4 nitrogen and oxygen atoms in total. The van der Waals surface area contributed by atoms with Crippen molar-refractivity contribution in [3.63, 3.8) is 0 Å². The summed E-state index contributed by atoms with van der Waals surface area (Å²) in [5, 5.41) is 4.97. The molecule has 320 valence electrons. The summed E-state index contributed by atoms with van der Waals surface area (Å²) in [6, 6.07) is 49.8. The lowest BCUT2D eigenvalue weighted by molar-refractivity contribution is 0.590. The molecule has 2 heterocycles. The summed E-state index contributed by atoms with van der Waals surface area (Å²) in [7, 11) is 0. The van der Waals surface area contributed by atoms with Gasteiger partial charge in [-0.25, -0.2) is 0 Å². The van der Waals surface area contributed by atoms with Crippen molar-refractivity contribution in [2.24, 2.45) is 0 Å². The molecule has 9 aromatic rings. The van der Waals surface area contributed by atoms with E-state index in [-0.39, 0.29) is 21.7 Å². The smallest absolute Gasteiger partial charge is 0.159 e. The predicted octanol–water partition coefficient (Wildman–Crippen LogP) is 18.3. The first-order valence-corrected chi connectivity index (χ1v) is 22.6. The van der Waals surface area contributed by atoms with Gasteiger partial charge in [0.1, 0.15) is 11.2 Å². The molecule has 0 radical (unpaired) electrons. The zero-order valence-electron chi connectivity index (χ0n) is 38.9. The van der Waals surface area contributed by atoms with E-state index < -0.39 is 0 Å².